The lowest BCUT2D eigenvalue weighted by atomic mass is 10.0. The van der Waals surface area contributed by atoms with E-state index in [1.54, 1.807) is 23.1 Å². The minimum Gasteiger partial charge on any atom is -0.484 e. The molecule has 25 heavy (non-hydrogen) atoms. The number of ether oxygens (including phenoxy) is 1. The number of likely N-dealkylation sites (N-methyl/N-ethyl adjacent to an activating group) is 1. The first kappa shape index (κ1) is 21.3. The van der Waals surface area contributed by atoms with Crippen LogP contribution in [-0.2, 0) is 9.59 Å². The highest BCUT2D eigenvalue weighted by molar-refractivity contribution is 5.95. The van der Waals surface area contributed by atoms with Gasteiger partial charge in [-0.15, -0.1) is 12.4 Å². The highest BCUT2D eigenvalue weighted by atomic mass is 35.5. The highest BCUT2D eigenvalue weighted by Crippen LogP contribution is 2.18. The molecule has 1 unspecified atom stereocenters. The lowest BCUT2D eigenvalue weighted by Gasteiger charge is -2.22. The number of hydrogen-bond acceptors (Lipinski definition) is 4. The van der Waals surface area contributed by atoms with Crippen molar-refractivity contribution in [2.24, 2.45) is 0 Å². The summed E-state index contributed by atoms with van der Waals surface area (Å²) >= 11 is 0. The van der Waals surface area contributed by atoms with E-state index in [1.807, 2.05) is 19.9 Å². The van der Waals surface area contributed by atoms with Gasteiger partial charge >= 0.3 is 0 Å². The standard InChI is InChI=1S/C18H27N3O3.ClH/c1-3-21(4-2)17(22)13-24-15-9-7-8-14(12-15)20-18(23)16-10-5-6-11-19-16;/h7-9,12,16,19H,3-6,10-11,13H2,1-2H3,(H,20,23);1H. The summed E-state index contributed by atoms with van der Waals surface area (Å²) in [7, 11) is 0. The summed E-state index contributed by atoms with van der Waals surface area (Å²) < 4.78 is 5.56. The smallest absolute Gasteiger partial charge is 0.260 e. The third-order valence-electron chi connectivity index (χ3n) is 4.21. The number of anilines is 1. The second-order valence-corrected chi connectivity index (χ2v) is 5.87. The minimum atomic E-state index is -0.132. The Kier molecular flexibility index (Phi) is 9.31. The largest absolute Gasteiger partial charge is 0.484 e. The van der Waals surface area contributed by atoms with E-state index in [9.17, 15) is 9.59 Å². The van der Waals surface area contributed by atoms with E-state index in [1.165, 1.54) is 0 Å². The number of nitrogens with zero attached hydrogens (tertiary/aromatic N) is 1. The van der Waals surface area contributed by atoms with Crippen molar-refractivity contribution in [1.82, 2.24) is 10.2 Å². The number of halogens is 1. The van der Waals surface area contributed by atoms with Crippen molar-refractivity contribution in [3.8, 4) is 5.75 Å². The first-order chi connectivity index (χ1) is 11.6. The molecule has 2 amide bonds. The van der Waals surface area contributed by atoms with Crippen molar-refractivity contribution in [1.29, 1.82) is 0 Å². The quantitative estimate of drug-likeness (QED) is 0.774. The zero-order chi connectivity index (χ0) is 17.4. The van der Waals surface area contributed by atoms with Gasteiger partial charge in [-0.1, -0.05) is 12.5 Å². The molecule has 140 valence electrons. The van der Waals surface area contributed by atoms with E-state index >= 15 is 0 Å². The molecule has 1 aliphatic rings. The second-order valence-electron chi connectivity index (χ2n) is 5.87. The van der Waals surface area contributed by atoms with E-state index < -0.39 is 0 Å². The van der Waals surface area contributed by atoms with Crippen molar-refractivity contribution in [2.75, 3.05) is 31.6 Å². The molecule has 1 aromatic rings. The Bertz CT molecular complexity index is 558. The molecule has 0 saturated carbocycles. The highest BCUT2D eigenvalue weighted by Gasteiger charge is 2.20. The van der Waals surface area contributed by atoms with Crippen LogP contribution in [0, 0.1) is 0 Å². The van der Waals surface area contributed by atoms with Gasteiger partial charge in [0.25, 0.3) is 5.91 Å². The molecule has 1 heterocycles. The number of rotatable bonds is 7. The number of carbonyl (C=O) groups excluding carboxylic acids is 2. The van der Waals surface area contributed by atoms with Crippen LogP contribution in [0.5, 0.6) is 5.75 Å². The molecule has 6 nitrogen and oxygen atoms in total. The number of carbonyl (C=O) groups is 2. The molecule has 1 atom stereocenters. The average molecular weight is 370 g/mol. The van der Waals surface area contributed by atoms with Crippen molar-refractivity contribution >= 4 is 29.9 Å². The third kappa shape index (κ3) is 6.55. The molecule has 0 radical (unpaired) electrons. The van der Waals surface area contributed by atoms with Gasteiger partial charge in [0, 0.05) is 24.8 Å². The predicted molar refractivity (Wildman–Crippen MR) is 101 cm³/mol. The molecule has 0 bridgehead atoms. The van der Waals surface area contributed by atoms with E-state index in [-0.39, 0.29) is 36.9 Å². The van der Waals surface area contributed by atoms with Crippen LogP contribution in [0.4, 0.5) is 5.69 Å². The molecule has 7 heteroatoms. The second kappa shape index (κ2) is 10.9. The van der Waals surface area contributed by atoms with Crippen molar-refractivity contribution in [3.05, 3.63) is 24.3 Å². The summed E-state index contributed by atoms with van der Waals surface area (Å²) in [6, 6.07) is 7.02. The van der Waals surface area contributed by atoms with E-state index in [4.69, 9.17) is 4.74 Å². The van der Waals surface area contributed by atoms with Gasteiger partial charge in [0.15, 0.2) is 6.61 Å². The Morgan fingerprint density at radius 2 is 2.04 bits per heavy atom. The van der Waals surface area contributed by atoms with Crippen LogP contribution in [0.3, 0.4) is 0 Å². The van der Waals surface area contributed by atoms with Crippen LogP contribution in [0.15, 0.2) is 24.3 Å². The van der Waals surface area contributed by atoms with Gasteiger partial charge in [-0.3, -0.25) is 9.59 Å². The zero-order valence-corrected chi connectivity index (χ0v) is 15.7. The molecular weight excluding hydrogens is 342 g/mol. The summed E-state index contributed by atoms with van der Waals surface area (Å²) in [5.41, 5.74) is 0.681. The maximum absolute atomic E-state index is 12.2. The van der Waals surface area contributed by atoms with Crippen LogP contribution in [-0.4, -0.2) is 49.0 Å². The lowest BCUT2D eigenvalue weighted by Crippen LogP contribution is -2.43. The summed E-state index contributed by atoms with van der Waals surface area (Å²) in [5, 5.41) is 6.13. The van der Waals surface area contributed by atoms with Gasteiger partial charge in [-0.25, -0.2) is 0 Å². The minimum absolute atomic E-state index is 0. The molecule has 1 saturated heterocycles. The average Bonchev–Trinajstić information content (AvgIpc) is 2.62. The fraction of sp³-hybridized carbons (Fsp3) is 0.556. The van der Waals surface area contributed by atoms with Gasteiger partial charge in [0.05, 0.1) is 6.04 Å². The molecule has 0 aromatic heterocycles. The Balaban J connectivity index is 0.00000312. The Hall–Kier alpha value is -1.79. The summed E-state index contributed by atoms with van der Waals surface area (Å²) in [5.74, 6) is 0.511. The molecule has 2 rings (SSSR count). The number of benzene rings is 1. The predicted octanol–water partition coefficient (Wildman–Crippen LogP) is 2.44. The summed E-state index contributed by atoms with van der Waals surface area (Å²) in [6.07, 6.45) is 3.05. The van der Waals surface area contributed by atoms with Crippen LogP contribution in [0.25, 0.3) is 0 Å². The topological polar surface area (TPSA) is 70.7 Å². The Morgan fingerprint density at radius 3 is 2.68 bits per heavy atom. The molecule has 2 N–H and O–H groups in total. The van der Waals surface area contributed by atoms with Crippen LogP contribution in [0.2, 0.25) is 0 Å². The molecule has 1 fully saturated rings. The number of nitrogens with one attached hydrogen (secondary N) is 2. The maximum Gasteiger partial charge on any atom is 0.260 e. The number of amides is 2. The van der Waals surface area contributed by atoms with Crippen LogP contribution in [0.1, 0.15) is 33.1 Å². The maximum atomic E-state index is 12.2. The van der Waals surface area contributed by atoms with Crippen LogP contribution >= 0.6 is 12.4 Å². The zero-order valence-electron chi connectivity index (χ0n) is 14.9. The monoisotopic (exact) mass is 369 g/mol. The van der Waals surface area contributed by atoms with Crippen molar-refractivity contribution in [2.45, 2.75) is 39.2 Å². The molecule has 0 aliphatic carbocycles. The fourth-order valence-electron chi connectivity index (χ4n) is 2.78. The summed E-state index contributed by atoms with van der Waals surface area (Å²) in [4.78, 5) is 25.9. The van der Waals surface area contributed by atoms with E-state index in [0.717, 1.165) is 25.8 Å². The van der Waals surface area contributed by atoms with Crippen LogP contribution < -0.4 is 15.4 Å². The van der Waals surface area contributed by atoms with Gasteiger partial charge in [-0.2, -0.15) is 0 Å². The third-order valence-corrected chi connectivity index (χ3v) is 4.21. The fourth-order valence-corrected chi connectivity index (χ4v) is 2.78. The molecule has 1 aromatic carbocycles. The normalized spacial score (nSPS) is 16.5. The number of hydrogen-bond donors (Lipinski definition) is 2. The summed E-state index contributed by atoms with van der Waals surface area (Å²) in [6.45, 7) is 6.11. The molecule has 0 spiro atoms. The van der Waals surface area contributed by atoms with Gasteiger partial charge in [0.2, 0.25) is 5.91 Å². The molecule has 1 aliphatic heterocycles. The first-order valence-electron chi connectivity index (χ1n) is 8.69. The number of piperidine rings is 1. The van der Waals surface area contributed by atoms with E-state index in [0.29, 0.717) is 24.5 Å². The van der Waals surface area contributed by atoms with Gasteiger partial charge in [-0.05, 0) is 45.4 Å². The lowest BCUT2D eigenvalue weighted by molar-refractivity contribution is -0.133. The molecular formula is C18H28ClN3O3. The van der Waals surface area contributed by atoms with Crippen molar-refractivity contribution < 1.29 is 14.3 Å². The SMILES string of the molecule is CCN(CC)C(=O)COc1cccc(NC(=O)C2CCCCN2)c1.Cl. The van der Waals surface area contributed by atoms with Gasteiger partial charge < -0.3 is 20.3 Å². The Morgan fingerprint density at radius 1 is 1.28 bits per heavy atom. The van der Waals surface area contributed by atoms with Gasteiger partial charge in [0.1, 0.15) is 5.75 Å². The van der Waals surface area contributed by atoms with Crippen molar-refractivity contribution in [3.63, 3.8) is 0 Å². The first-order valence-corrected chi connectivity index (χ1v) is 8.69. The van der Waals surface area contributed by atoms with E-state index in [2.05, 4.69) is 10.6 Å². The Labute approximate surface area is 155 Å².